The molecule has 1 aromatic heterocycles. The van der Waals surface area contributed by atoms with Crippen molar-refractivity contribution in [3.8, 4) is 5.75 Å². The maximum atomic E-state index is 13.5. The van der Waals surface area contributed by atoms with Crippen molar-refractivity contribution in [1.29, 1.82) is 0 Å². The molecule has 176 valence electrons. The van der Waals surface area contributed by atoms with Crippen molar-refractivity contribution in [3.05, 3.63) is 65.9 Å². The molecule has 1 amide bonds. The van der Waals surface area contributed by atoms with Crippen LogP contribution < -0.4 is 9.64 Å². The van der Waals surface area contributed by atoms with Crippen LogP contribution in [-0.2, 0) is 17.9 Å². The van der Waals surface area contributed by atoms with Crippen LogP contribution in [0.1, 0.15) is 30.4 Å². The number of piperidine rings is 1. The summed E-state index contributed by atoms with van der Waals surface area (Å²) in [6.45, 7) is 4.27. The maximum absolute atomic E-state index is 13.5. The number of hydrogen-bond acceptors (Lipinski definition) is 5. The van der Waals surface area contributed by atoms with E-state index in [1.165, 1.54) is 5.56 Å². The summed E-state index contributed by atoms with van der Waals surface area (Å²) in [4.78, 5) is 24.7. The number of nitrogens with zero attached hydrogens (tertiary/aromatic N) is 4. The Hall–Kier alpha value is -2.86. The standard InChI is InChI=1S/C27H36N4O2/c1-29(2)26-23(9-7-14-28-26)20-30-16-12-22(13-17-30)25-11-4-5-15-31(27(25)32)19-21-8-6-10-24(18-21)33-3/h4-10,14,18,22,25H,11-13,15-17,19-20H2,1-3H3/t25-/m0/s1. The number of ether oxygens (including phenoxy) is 1. The maximum Gasteiger partial charge on any atom is 0.226 e. The molecule has 2 aromatic rings. The van der Waals surface area contributed by atoms with Crippen LogP contribution >= 0.6 is 0 Å². The molecule has 2 aliphatic rings. The Balaban J connectivity index is 1.37. The predicted molar refractivity (Wildman–Crippen MR) is 132 cm³/mol. The molecule has 2 aliphatic heterocycles. The largest absolute Gasteiger partial charge is 0.497 e. The Morgan fingerprint density at radius 3 is 2.67 bits per heavy atom. The smallest absolute Gasteiger partial charge is 0.226 e. The number of aromatic nitrogens is 1. The number of allylic oxidation sites excluding steroid dienone is 1. The molecule has 33 heavy (non-hydrogen) atoms. The van der Waals surface area contributed by atoms with E-state index in [-0.39, 0.29) is 5.92 Å². The molecule has 0 radical (unpaired) electrons. The van der Waals surface area contributed by atoms with E-state index in [2.05, 4.69) is 39.1 Å². The van der Waals surface area contributed by atoms with Gasteiger partial charge in [-0.15, -0.1) is 0 Å². The first-order valence-electron chi connectivity index (χ1n) is 12.0. The van der Waals surface area contributed by atoms with E-state index in [4.69, 9.17) is 4.74 Å². The van der Waals surface area contributed by atoms with E-state index in [9.17, 15) is 4.79 Å². The molecule has 1 fully saturated rings. The van der Waals surface area contributed by atoms with Crippen molar-refractivity contribution in [2.75, 3.05) is 45.7 Å². The molecule has 0 aliphatic carbocycles. The number of pyridine rings is 1. The second kappa shape index (κ2) is 10.8. The molecule has 0 saturated carbocycles. The summed E-state index contributed by atoms with van der Waals surface area (Å²) in [5, 5.41) is 0. The van der Waals surface area contributed by atoms with Crippen LogP contribution in [0.4, 0.5) is 5.82 Å². The fraction of sp³-hybridized carbons (Fsp3) is 0.481. The lowest BCUT2D eigenvalue weighted by atomic mass is 9.81. The van der Waals surface area contributed by atoms with Gasteiger partial charge in [0.1, 0.15) is 11.6 Å². The lowest BCUT2D eigenvalue weighted by Gasteiger charge is -2.37. The van der Waals surface area contributed by atoms with Crippen molar-refractivity contribution in [2.24, 2.45) is 11.8 Å². The van der Waals surface area contributed by atoms with Crippen molar-refractivity contribution in [1.82, 2.24) is 14.8 Å². The van der Waals surface area contributed by atoms with Gasteiger partial charge in [-0.05, 0) is 62.0 Å². The number of methoxy groups -OCH3 is 1. The quantitative estimate of drug-likeness (QED) is 0.600. The number of carbonyl (C=O) groups is 1. The molecule has 1 aromatic carbocycles. The fourth-order valence-electron chi connectivity index (χ4n) is 5.11. The molecule has 4 rings (SSSR count). The SMILES string of the molecule is COc1cccc(CN2CC=CC[C@@H](C3CCN(Cc4cccnc4N(C)C)CC3)C2=O)c1. The number of benzene rings is 1. The van der Waals surface area contributed by atoms with Gasteiger partial charge in [-0.1, -0.05) is 30.4 Å². The van der Waals surface area contributed by atoms with Crippen LogP contribution in [-0.4, -0.2) is 61.5 Å². The summed E-state index contributed by atoms with van der Waals surface area (Å²) in [5.41, 5.74) is 2.37. The van der Waals surface area contributed by atoms with Crippen molar-refractivity contribution >= 4 is 11.7 Å². The molecule has 0 N–H and O–H groups in total. The van der Waals surface area contributed by atoms with Gasteiger partial charge >= 0.3 is 0 Å². The number of anilines is 1. The molecular weight excluding hydrogens is 412 g/mol. The highest BCUT2D eigenvalue weighted by Gasteiger charge is 2.34. The van der Waals surface area contributed by atoms with Gasteiger partial charge in [-0.2, -0.15) is 0 Å². The highest BCUT2D eigenvalue weighted by molar-refractivity contribution is 5.80. The summed E-state index contributed by atoms with van der Waals surface area (Å²) in [6.07, 6.45) is 9.19. The highest BCUT2D eigenvalue weighted by Crippen LogP contribution is 2.32. The van der Waals surface area contributed by atoms with E-state index >= 15 is 0 Å². The zero-order chi connectivity index (χ0) is 23.2. The molecule has 6 nitrogen and oxygen atoms in total. The second-order valence-corrected chi connectivity index (χ2v) is 9.38. The van der Waals surface area contributed by atoms with Gasteiger partial charge in [0.05, 0.1) is 7.11 Å². The van der Waals surface area contributed by atoms with Gasteiger partial charge in [0.2, 0.25) is 5.91 Å². The third-order valence-electron chi connectivity index (χ3n) is 6.91. The number of hydrogen-bond donors (Lipinski definition) is 0. The van der Waals surface area contributed by atoms with Gasteiger partial charge in [0.15, 0.2) is 0 Å². The molecule has 1 saturated heterocycles. The monoisotopic (exact) mass is 448 g/mol. The summed E-state index contributed by atoms with van der Waals surface area (Å²) in [7, 11) is 5.76. The van der Waals surface area contributed by atoms with E-state index in [0.717, 1.165) is 56.0 Å². The van der Waals surface area contributed by atoms with E-state index < -0.39 is 0 Å². The molecule has 0 unspecified atom stereocenters. The first kappa shape index (κ1) is 23.3. The Kier molecular flexibility index (Phi) is 7.65. The molecule has 0 spiro atoms. The van der Waals surface area contributed by atoms with E-state index in [1.54, 1.807) is 7.11 Å². The Bertz CT molecular complexity index is 966. The van der Waals surface area contributed by atoms with Crippen LogP contribution in [0, 0.1) is 11.8 Å². The van der Waals surface area contributed by atoms with E-state index in [0.29, 0.717) is 24.9 Å². The molecule has 3 heterocycles. The number of likely N-dealkylation sites (tertiary alicyclic amines) is 1. The van der Waals surface area contributed by atoms with Gasteiger partial charge in [0.25, 0.3) is 0 Å². The number of amides is 1. The summed E-state index contributed by atoms with van der Waals surface area (Å²) >= 11 is 0. The lowest BCUT2D eigenvalue weighted by molar-refractivity contribution is -0.137. The molecule has 0 bridgehead atoms. The molecule has 1 atom stereocenters. The van der Waals surface area contributed by atoms with Crippen LogP contribution in [0.25, 0.3) is 0 Å². The zero-order valence-electron chi connectivity index (χ0n) is 20.1. The van der Waals surface area contributed by atoms with Gasteiger partial charge < -0.3 is 14.5 Å². The van der Waals surface area contributed by atoms with Crippen LogP contribution in [0.5, 0.6) is 5.75 Å². The van der Waals surface area contributed by atoms with Crippen LogP contribution in [0.15, 0.2) is 54.7 Å². The normalized spacial score (nSPS) is 20.0. The Labute approximate surface area is 197 Å². The van der Waals surface area contributed by atoms with E-state index in [1.807, 2.05) is 49.5 Å². The van der Waals surface area contributed by atoms with Gasteiger partial charge in [-0.3, -0.25) is 9.69 Å². The van der Waals surface area contributed by atoms with Gasteiger partial charge in [-0.25, -0.2) is 4.98 Å². The topological polar surface area (TPSA) is 48.9 Å². The zero-order valence-corrected chi connectivity index (χ0v) is 20.1. The van der Waals surface area contributed by atoms with Gasteiger partial charge in [0, 0.05) is 51.4 Å². The molecular formula is C27H36N4O2. The summed E-state index contributed by atoms with van der Waals surface area (Å²) < 4.78 is 5.36. The average molecular weight is 449 g/mol. The van der Waals surface area contributed by atoms with Crippen molar-refractivity contribution < 1.29 is 9.53 Å². The Morgan fingerprint density at radius 2 is 1.91 bits per heavy atom. The third-order valence-corrected chi connectivity index (χ3v) is 6.91. The minimum atomic E-state index is 0.0761. The minimum absolute atomic E-state index is 0.0761. The lowest BCUT2D eigenvalue weighted by Crippen LogP contribution is -2.42. The fourth-order valence-corrected chi connectivity index (χ4v) is 5.11. The van der Waals surface area contributed by atoms with Crippen LogP contribution in [0.2, 0.25) is 0 Å². The highest BCUT2D eigenvalue weighted by atomic mass is 16.5. The summed E-state index contributed by atoms with van der Waals surface area (Å²) in [5.74, 6) is 2.68. The van der Waals surface area contributed by atoms with Crippen LogP contribution in [0.3, 0.4) is 0 Å². The Morgan fingerprint density at radius 1 is 1.09 bits per heavy atom. The predicted octanol–water partition coefficient (Wildman–Crippen LogP) is 3.97. The molecule has 6 heteroatoms. The second-order valence-electron chi connectivity index (χ2n) is 9.38. The minimum Gasteiger partial charge on any atom is -0.497 e. The third kappa shape index (κ3) is 5.74. The first-order valence-corrected chi connectivity index (χ1v) is 12.0. The number of rotatable bonds is 7. The van der Waals surface area contributed by atoms with Crippen molar-refractivity contribution in [2.45, 2.75) is 32.4 Å². The number of carbonyl (C=O) groups excluding carboxylic acids is 1. The summed E-state index contributed by atoms with van der Waals surface area (Å²) in [6, 6.07) is 12.2. The average Bonchev–Trinajstić information content (AvgIpc) is 3.01. The first-order chi connectivity index (χ1) is 16.0. The van der Waals surface area contributed by atoms with Crippen molar-refractivity contribution in [3.63, 3.8) is 0 Å².